The molecule has 3 rings (SSSR count). The van der Waals surface area contributed by atoms with Crippen LogP contribution in [0.4, 0.5) is 31.9 Å². The van der Waals surface area contributed by atoms with Crippen molar-refractivity contribution in [2.75, 3.05) is 10.6 Å². The smallest absolute Gasteiger partial charge is 0.249 e. The van der Waals surface area contributed by atoms with Gasteiger partial charge in [0.2, 0.25) is 5.95 Å². The third-order valence-electron chi connectivity index (χ3n) is 3.78. The molecule has 134 valence electrons. The molecule has 0 amide bonds. The van der Waals surface area contributed by atoms with Crippen LogP contribution in [0.3, 0.4) is 0 Å². The van der Waals surface area contributed by atoms with Crippen molar-refractivity contribution in [1.82, 2.24) is 15.2 Å². The van der Waals surface area contributed by atoms with E-state index in [1.807, 2.05) is 24.3 Å². The minimum atomic E-state index is -0.732. The van der Waals surface area contributed by atoms with E-state index in [9.17, 15) is 8.78 Å². The molecule has 0 atom stereocenters. The van der Waals surface area contributed by atoms with Gasteiger partial charge in [0, 0.05) is 5.69 Å². The molecule has 1 heterocycles. The fourth-order valence-electron chi connectivity index (χ4n) is 2.35. The second kappa shape index (κ2) is 7.03. The first-order valence-electron chi connectivity index (χ1n) is 8.11. The molecule has 0 aliphatic carbocycles. The molecule has 0 fully saturated rings. The lowest BCUT2D eigenvalue weighted by Gasteiger charge is -2.19. The van der Waals surface area contributed by atoms with Crippen molar-refractivity contribution in [2.24, 2.45) is 0 Å². The summed E-state index contributed by atoms with van der Waals surface area (Å²) >= 11 is 0. The first kappa shape index (κ1) is 17.7. The van der Waals surface area contributed by atoms with E-state index >= 15 is 0 Å². The van der Waals surface area contributed by atoms with Crippen LogP contribution < -0.4 is 10.6 Å². The van der Waals surface area contributed by atoms with Crippen LogP contribution >= 0.6 is 0 Å². The maximum Gasteiger partial charge on any atom is 0.249 e. The van der Waals surface area contributed by atoms with Crippen LogP contribution in [-0.2, 0) is 5.41 Å². The maximum atomic E-state index is 13.7. The molecular weight excluding hydrogens is 336 g/mol. The number of halogens is 2. The average molecular weight is 355 g/mol. The first-order valence-corrected chi connectivity index (χ1v) is 8.11. The van der Waals surface area contributed by atoms with Crippen molar-refractivity contribution >= 4 is 23.1 Å². The predicted octanol–water partition coefficient (Wildman–Crippen LogP) is 4.93. The molecule has 7 heteroatoms. The van der Waals surface area contributed by atoms with Crippen molar-refractivity contribution < 1.29 is 8.78 Å². The fourth-order valence-corrected chi connectivity index (χ4v) is 2.35. The largest absolute Gasteiger partial charge is 0.339 e. The summed E-state index contributed by atoms with van der Waals surface area (Å²) in [6.45, 7) is 6.43. The lowest BCUT2D eigenvalue weighted by atomic mass is 9.87. The molecule has 3 aromatic rings. The minimum absolute atomic E-state index is 0.00897. The Morgan fingerprint density at radius 3 is 2.15 bits per heavy atom. The zero-order valence-electron chi connectivity index (χ0n) is 14.7. The molecule has 0 aliphatic heterocycles. The molecule has 0 radical (unpaired) electrons. The quantitative estimate of drug-likeness (QED) is 0.694. The van der Waals surface area contributed by atoms with Crippen LogP contribution in [0.25, 0.3) is 0 Å². The Morgan fingerprint density at radius 2 is 1.54 bits per heavy atom. The molecule has 0 saturated carbocycles. The van der Waals surface area contributed by atoms with Crippen molar-refractivity contribution in [1.29, 1.82) is 0 Å². The second-order valence-electron chi connectivity index (χ2n) is 6.84. The highest BCUT2D eigenvalue weighted by atomic mass is 19.1. The van der Waals surface area contributed by atoms with Crippen LogP contribution in [0.1, 0.15) is 26.3 Å². The number of nitrogens with one attached hydrogen (secondary N) is 2. The highest BCUT2D eigenvalue weighted by molar-refractivity contribution is 5.59. The van der Waals surface area contributed by atoms with E-state index in [4.69, 9.17) is 0 Å². The molecule has 0 unspecified atom stereocenters. The summed E-state index contributed by atoms with van der Waals surface area (Å²) in [6, 6.07) is 11.5. The molecule has 26 heavy (non-hydrogen) atoms. The van der Waals surface area contributed by atoms with Gasteiger partial charge in [0.25, 0.3) is 0 Å². The van der Waals surface area contributed by atoms with E-state index in [1.165, 1.54) is 17.8 Å². The standard InChI is InChI=1S/C19H19F2N5/c1-19(2,3)12-7-9-13(10-8-12)23-16-11-22-26-18(24-16)25-17-14(20)5-4-6-15(17)21/h4-11H,1-3H3,(H2,23,24,25,26). The van der Waals surface area contributed by atoms with Crippen LogP contribution in [0.2, 0.25) is 0 Å². The number of nitrogens with zero attached hydrogens (tertiary/aromatic N) is 3. The van der Waals surface area contributed by atoms with E-state index in [2.05, 4.69) is 46.6 Å². The van der Waals surface area contributed by atoms with Gasteiger partial charge in [-0.05, 0) is 35.2 Å². The Kier molecular flexibility index (Phi) is 4.79. The van der Waals surface area contributed by atoms with Gasteiger partial charge in [-0.2, -0.15) is 10.1 Å². The van der Waals surface area contributed by atoms with Crippen molar-refractivity contribution in [3.05, 3.63) is 65.9 Å². The molecule has 0 spiro atoms. The lowest BCUT2D eigenvalue weighted by Crippen LogP contribution is -2.10. The molecule has 0 aliphatic rings. The van der Waals surface area contributed by atoms with E-state index < -0.39 is 11.6 Å². The van der Waals surface area contributed by atoms with Gasteiger partial charge in [0.1, 0.15) is 17.3 Å². The van der Waals surface area contributed by atoms with Gasteiger partial charge < -0.3 is 10.6 Å². The van der Waals surface area contributed by atoms with Gasteiger partial charge in [0.15, 0.2) is 5.82 Å². The predicted molar refractivity (Wildman–Crippen MR) is 97.9 cm³/mol. The molecule has 5 nitrogen and oxygen atoms in total. The van der Waals surface area contributed by atoms with Crippen LogP contribution in [0.5, 0.6) is 0 Å². The molecule has 2 aromatic carbocycles. The van der Waals surface area contributed by atoms with Crippen molar-refractivity contribution in [3.63, 3.8) is 0 Å². The monoisotopic (exact) mass is 355 g/mol. The average Bonchev–Trinajstić information content (AvgIpc) is 2.58. The summed E-state index contributed by atoms with van der Waals surface area (Å²) in [5.41, 5.74) is 1.78. The molecule has 0 bridgehead atoms. The van der Waals surface area contributed by atoms with Crippen LogP contribution in [-0.4, -0.2) is 15.2 Å². The maximum absolute atomic E-state index is 13.7. The number of rotatable bonds is 4. The SMILES string of the molecule is CC(C)(C)c1ccc(Nc2cnnc(Nc3c(F)cccc3F)n2)cc1. The summed E-state index contributed by atoms with van der Waals surface area (Å²) in [5.74, 6) is -1.07. The number of hydrogen-bond donors (Lipinski definition) is 2. The van der Waals surface area contributed by atoms with E-state index in [0.717, 1.165) is 17.8 Å². The van der Waals surface area contributed by atoms with Crippen molar-refractivity contribution in [2.45, 2.75) is 26.2 Å². The molecular formula is C19H19F2N5. The zero-order valence-corrected chi connectivity index (χ0v) is 14.7. The van der Waals surface area contributed by atoms with Gasteiger partial charge in [-0.15, -0.1) is 5.10 Å². The van der Waals surface area contributed by atoms with Gasteiger partial charge >= 0.3 is 0 Å². The van der Waals surface area contributed by atoms with Gasteiger partial charge in [-0.1, -0.05) is 39.0 Å². The number of para-hydroxylation sites is 1. The summed E-state index contributed by atoms with van der Waals surface area (Å²) in [7, 11) is 0. The second-order valence-corrected chi connectivity index (χ2v) is 6.84. The first-order chi connectivity index (χ1) is 12.3. The van der Waals surface area contributed by atoms with E-state index in [0.29, 0.717) is 5.82 Å². The topological polar surface area (TPSA) is 62.7 Å². The molecule has 0 saturated heterocycles. The highest BCUT2D eigenvalue weighted by Gasteiger charge is 2.13. The van der Waals surface area contributed by atoms with E-state index in [-0.39, 0.29) is 17.1 Å². The van der Waals surface area contributed by atoms with Crippen LogP contribution in [0, 0.1) is 11.6 Å². The lowest BCUT2D eigenvalue weighted by molar-refractivity contribution is 0.590. The third kappa shape index (κ3) is 4.11. The van der Waals surface area contributed by atoms with Gasteiger partial charge in [-0.3, -0.25) is 0 Å². The molecule has 1 aromatic heterocycles. The van der Waals surface area contributed by atoms with E-state index in [1.54, 1.807) is 0 Å². The number of aromatic nitrogens is 3. The summed E-state index contributed by atoms with van der Waals surface area (Å²) < 4.78 is 27.4. The number of benzene rings is 2. The normalized spacial score (nSPS) is 11.3. The Labute approximate surface area is 150 Å². The highest BCUT2D eigenvalue weighted by Crippen LogP contribution is 2.25. The zero-order chi connectivity index (χ0) is 18.7. The van der Waals surface area contributed by atoms with Crippen molar-refractivity contribution in [3.8, 4) is 0 Å². The fraction of sp³-hybridized carbons (Fsp3) is 0.211. The van der Waals surface area contributed by atoms with Crippen LogP contribution in [0.15, 0.2) is 48.7 Å². The molecule has 2 N–H and O–H groups in total. The number of anilines is 4. The minimum Gasteiger partial charge on any atom is -0.339 e. The Balaban J connectivity index is 1.77. The van der Waals surface area contributed by atoms with Gasteiger partial charge in [-0.25, -0.2) is 8.78 Å². The summed E-state index contributed by atoms with van der Waals surface area (Å²) in [5, 5.41) is 13.2. The third-order valence-corrected chi connectivity index (χ3v) is 3.78. The Hall–Kier alpha value is -3.09. The summed E-state index contributed by atoms with van der Waals surface area (Å²) in [6.07, 6.45) is 1.43. The number of hydrogen-bond acceptors (Lipinski definition) is 5. The van der Waals surface area contributed by atoms with Gasteiger partial charge in [0.05, 0.1) is 6.20 Å². The Bertz CT molecular complexity index is 884. The summed E-state index contributed by atoms with van der Waals surface area (Å²) in [4.78, 5) is 4.19. The Morgan fingerprint density at radius 1 is 0.885 bits per heavy atom.